The average Bonchev–Trinajstić information content (AvgIpc) is 2.99. The smallest absolute Gasteiger partial charge is 0.243 e. The lowest BCUT2D eigenvalue weighted by Crippen LogP contribution is -2.41. The summed E-state index contributed by atoms with van der Waals surface area (Å²) in [5.74, 6) is -0.133. The van der Waals surface area contributed by atoms with E-state index in [4.69, 9.17) is 0 Å². The minimum Gasteiger partial charge on any atom is -0.301 e. The molecule has 1 heterocycles. The fraction of sp³-hybridized carbons (Fsp3) is 0.579. The van der Waals surface area contributed by atoms with Crippen LogP contribution in [0.1, 0.15) is 53.9 Å². The van der Waals surface area contributed by atoms with Crippen LogP contribution in [0.4, 0.5) is 5.13 Å². The lowest BCUT2D eigenvalue weighted by molar-refractivity contribution is -0.115. The van der Waals surface area contributed by atoms with Gasteiger partial charge in [-0.2, -0.15) is 4.31 Å². The van der Waals surface area contributed by atoms with E-state index < -0.39 is 10.0 Å². The molecule has 1 unspecified atom stereocenters. The van der Waals surface area contributed by atoms with Crippen LogP contribution in [0.3, 0.4) is 0 Å². The van der Waals surface area contributed by atoms with Crippen LogP contribution in [-0.2, 0) is 14.8 Å². The molecular formula is C19H28BrN3O3S2. The van der Waals surface area contributed by atoms with E-state index in [9.17, 15) is 13.2 Å². The van der Waals surface area contributed by atoms with Crippen LogP contribution in [0.2, 0.25) is 0 Å². The van der Waals surface area contributed by atoms with E-state index in [0.29, 0.717) is 10.6 Å². The van der Waals surface area contributed by atoms with Crippen molar-refractivity contribution in [3.05, 3.63) is 18.2 Å². The molecule has 6 nitrogen and oxygen atoms in total. The normalized spacial score (nSPS) is 13.6. The quantitative estimate of drug-likeness (QED) is 0.502. The molecule has 156 valence electrons. The number of aromatic nitrogens is 1. The van der Waals surface area contributed by atoms with Gasteiger partial charge in [-0.15, -0.1) is 0 Å². The van der Waals surface area contributed by atoms with E-state index in [-0.39, 0.29) is 27.7 Å². The molecule has 28 heavy (non-hydrogen) atoms. The zero-order chi connectivity index (χ0) is 21.1. The number of fused-ring (bicyclic) bond motifs is 1. The first-order valence-corrected chi connectivity index (χ1v) is 12.6. The number of benzene rings is 1. The SMILES string of the molecule is CCCCC(Br)C(=O)Nc1nc2ccc(S(=O)(=O)N(C(C)C)C(C)C)cc2s1. The number of carbonyl (C=O) groups is 1. The Balaban J connectivity index is 2.28. The molecular weight excluding hydrogens is 462 g/mol. The van der Waals surface area contributed by atoms with Crippen LogP contribution in [0.15, 0.2) is 23.1 Å². The van der Waals surface area contributed by atoms with Gasteiger partial charge < -0.3 is 5.32 Å². The molecule has 1 amide bonds. The number of unbranched alkanes of at least 4 members (excludes halogenated alkanes) is 1. The van der Waals surface area contributed by atoms with Crippen molar-refractivity contribution in [1.82, 2.24) is 9.29 Å². The maximum Gasteiger partial charge on any atom is 0.243 e. The van der Waals surface area contributed by atoms with Gasteiger partial charge >= 0.3 is 0 Å². The van der Waals surface area contributed by atoms with Crippen LogP contribution in [0, 0.1) is 0 Å². The zero-order valence-corrected chi connectivity index (χ0v) is 20.1. The summed E-state index contributed by atoms with van der Waals surface area (Å²) in [6.45, 7) is 9.55. The predicted octanol–water partition coefficient (Wildman–Crippen LogP) is 5.00. The first-order valence-electron chi connectivity index (χ1n) is 9.47. The highest BCUT2D eigenvalue weighted by atomic mass is 79.9. The number of nitrogens with one attached hydrogen (secondary N) is 1. The van der Waals surface area contributed by atoms with Gasteiger partial charge in [-0.1, -0.05) is 47.0 Å². The van der Waals surface area contributed by atoms with E-state index >= 15 is 0 Å². The molecule has 0 fully saturated rings. The summed E-state index contributed by atoms with van der Waals surface area (Å²) < 4.78 is 28.4. The van der Waals surface area contributed by atoms with Crippen molar-refractivity contribution in [3.8, 4) is 0 Å². The molecule has 0 aliphatic heterocycles. The standard InChI is InChI=1S/C19H28BrN3O3S2/c1-6-7-8-15(20)18(24)22-19-21-16-10-9-14(11-17(16)27-19)28(25,26)23(12(2)3)13(4)5/h9-13,15H,6-8H2,1-5H3,(H,21,22,24). The maximum absolute atomic E-state index is 13.1. The molecule has 0 aliphatic carbocycles. The molecule has 1 N–H and O–H groups in total. The number of alkyl halides is 1. The van der Waals surface area contributed by atoms with Crippen molar-refractivity contribution in [2.24, 2.45) is 0 Å². The van der Waals surface area contributed by atoms with Crippen molar-refractivity contribution in [1.29, 1.82) is 0 Å². The molecule has 1 atom stereocenters. The second-order valence-corrected chi connectivity index (χ2v) is 11.2. The van der Waals surface area contributed by atoms with Gasteiger partial charge in [-0.05, 0) is 52.3 Å². The molecule has 0 saturated heterocycles. The van der Waals surface area contributed by atoms with Crippen LogP contribution in [0.5, 0.6) is 0 Å². The number of hydrogen-bond acceptors (Lipinski definition) is 5. The summed E-state index contributed by atoms with van der Waals surface area (Å²) in [5.41, 5.74) is 0.666. The summed E-state index contributed by atoms with van der Waals surface area (Å²) >= 11 is 4.69. The predicted molar refractivity (Wildman–Crippen MR) is 120 cm³/mol. The summed E-state index contributed by atoms with van der Waals surface area (Å²) in [5, 5.41) is 3.29. The highest BCUT2D eigenvalue weighted by Crippen LogP contribution is 2.30. The first-order chi connectivity index (χ1) is 13.1. The second-order valence-electron chi connectivity index (χ2n) is 7.27. The number of thiazole rings is 1. The second kappa shape index (κ2) is 9.65. The average molecular weight is 490 g/mol. The molecule has 2 rings (SSSR count). The largest absolute Gasteiger partial charge is 0.301 e. The number of rotatable bonds is 9. The van der Waals surface area contributed by atoms with Crippen LogP contribution in [0.25, 0.3) is 10.2 Å². The highest BCUT2D eigenvalue weighted by Gasteiger charge is 2.29. The number of nitrogens with zero attached hydrogens (tertiary/aromatic N) is 2. The minimum atomic E-state index is -3.61. The van der Waals surface area contributed by atoms with E-state index in [1.165, 1.54) is 15.6 Å². The summed E-state index contributed by atoms with van der Waals surface area (Å²) in [6, 6.07) is 4.62. The van der Waals surface area contributed by atoms with Crippen LogP contribution >= 0.6 is 27.3 Å². The Kier molecular flexibility index (Phi) is 8.01. The molecule has 0 radical (unpaired) electrons. The Morgan fingerprint density at radius 3 is 2.46 bits per heavy atom. The van der Waals surface area contributed by atoms with E-state index in [1.54, 1.807) is 18.2 Å². The lowest BCUT2D eigenvalue weighted by Gasteiger charge is -2.29. The molecule has 1 aromatic heterocycles. The number of carbonyl (C=O) groups excluding carboxylic acids is 1. The fourth-order valence-corrected chi connectivity index (χ4v) is 6.37. The number of amides is 1. The van der Waals surface area contributed by atoms with Crippen molar-refractivity contribution < 1.29 is 13.2 Å². The van der Waals surface area contributed by atoms with Crippen molar-refractivity contribution in [3.63, 3.8) is 0 Å². The Morgan fingerprint density at radius 2 is 1.89 bits per heavy atom. The third-order valence-electron chi connectivity index (χ3n) is 4.28. The molecule has 0 saturated carbocycles. The van der Waals surface area contributed by atoms with Gasteiger partial charge in [0.05, 0.1) is 19.9 Å². The van der Waals surface area contributed by atoms with Crippen molar-refractivity contribution in [2.45, 2.75) is 75.7 Å². The van der Waals surface area contributed by atoms with Crippen molar-refractivity contribution in [2.75, 3.05) is 5.32 Å². The molecule has 9 heteroatoms. The van der Waals surface area contributed by atoms with E-state index in [0.717, 1.165) is 24.0 Å². The first kappa shape index (κ1) is 23.3. The molecule has 1 aromatic carbocycles. The monoisotopic (exact) mass is 489 g/mol. The van der Waals surface area contributed by atoms with E-state index in [1.807, 2.05) is 27.7 Å². The third kappa shape index (κ3) is 5.31. The highest BCUT2D eigenvalue weighted by molar-refractivity contribution is 9.10. The molecule has 0 spiro atoms. The summed E-state index contributed by atoms with van der Waals surface area (Å²) in [4.78, 5) is 16.7. The topological polar surface area (TPSA) is 79.4 Å². The zero-order valence-electron chi connectivity index (χ0n) is 16.9. The van der Waals surface area contributed by atoms with Crippen LogP contribution in [-0.4, -0.2) is 40.5 Å². The molecule has 0 aliphatic rings. The molecule has 2 aromatic rings. The maximum atomic E-state index is 13.1. The Labute approximate surface area is 179 Å². The van der Waals surface area contributed by atoms with Gasteiger partial charge in [-0.3, -0.25) is 4.79 Å². The lowest BCUT2D eigenvalue weighted by atomic mass is 10.2. The van der Waals surface area contributed by atoms with Gasteiger partial charge in [0, 0.05) is 12.1 Å². The third-order valence-corrected chi connectivity index (χ3v) is 8.33. The summed E-state index contributed by atoms with van der Waals surface area (Å²) in [6.07, 6.45) is 2.75. The number of anilines is 1. The van der Waals surface area contributed by atoms with Gasteiger partial charge in [-0.25, -0.2) is 13.4 Å². The number of halogens is 1. The number of sulfonamides is 1. The van der Waals surface area contributed by atoms with Gasteiger partial charge in [0.1, 0.15) is 0 Å². The fourth-order valence-electron chi connectivity index (χ4n) is 3.09. The van der Waals surface area contributed by atoms with Crippen molar-refractivity contribution >= 4 is 58.5 Å². The van der Waals surface area contributed by atoms with Gasteiger partial charge in [0.25, 0.3) is 0 Å². The Hall–Kier alpha value is -1.03. The minimum absolute atomic E-state index is 0.133. The Morgan fingerprint density at radius 1 is 1.25 bits per heavy atom. The Bertz CT molecular complexity index is 918. The number of hydrogen-bond donors (Lipinski definition) is 1. The van der Waals surface area contributed by atoms with E-state index in [2.05, 4.69) is 33.2 Å². The van der Waals surface area contributed by atoms with Gasteiger partial charge in [0.15, 0.2) is 5.13 Å². The molecule has 0 bridgehead atoms. The van der Waals surface area contributed by atoms with Gasteiger partial charge in [0.2, 0.25) is 15.9 Å². The summed E-state index contributed by atoms with van der Waals surface area (Å²) in [7, 11) is -3.61. The van der Waals surface area contributed by atoms with Crippen LogP contribution < -0.4 is 5.32 Å².